The monoisotopic (exact) mass is 389 g/mol. The molecule has 0 aromatic heterocycles. The van der Waals surface area contributed by atoms with E-state index in [2.05, 4.69) is 15.5 Å². The maximum absolute atomic E-state index is 13.0. The van der Waals surface area contributed by atoms with E-state index in [-0.39, 0.29) is 17.2 Å². The van der Waals surface area contributed by atoms with Crippen molar-refractivity contribution in [3.8, 4) is 0 Å². The Kier molecular flexibility index (Phi) is 6.38. The summed E-state index contributed by atoms with van der Waals surface area (Å²) in [4.78, 5) is 17.2. The third-order valence-electron chi connectivity index (χ3n) is 3.88. The van der Waals surface area contributed by atoms with Gasteiger partial charge in [-0.05, 0) is 18.2 Å². The standard InChI is InChI=1S/C21H22F3N3O/c1-20(2,3)19(28)18(17(25-4)14-9-6-5-7-10-14)27-26-16-12-8-11-15(13-16)21(22,23)24/h5-13,26H,1-4H3/b25-17?,27-18+. The minimum absolute atomic E-state index is 0.0543. The number of hydrogen-bond donors (Lipinski definition) is 1. The molecule has 0 unspecified atom stereocenters. The predicted molar refractivity (Wildman–Crippen MR) is 106 cm³/mol. The third kappa shape index (κ3) is 5.28. The molecule has 0 bridgehead atoms. The van der Waals surface area contributed by atoms with E-state index in [9.17, 15) is 18.0 Å². The average Bonchev–Trinajstić information content (AvgIpc) is 2.64. The van der Waals surface area contributed by atoms with Crippen LogP contribution in [-0.4, -0.2) is 24.3 Å². The van der Waals surface area contributed by atoms with E-state index < -0.39 is 17.2 Å². The van der Waals surface area contributed by atoms with Crippen LogP contribution in [0.15, 0.2) is 64.7 Å². The first kappa shape index (κ1) is 21.3. The average molecular weight is 389 g/mol. The van der Waals surface area contributed by atoms with E-state index in [0.29, 0.717) is 11.3 Å². The third-order valence-corrected chi connectivity index (χ3v) is 3.88. The summed E-state index contributed by atoms with van der Waals surface area (Å²) in [6.07, 6.45) is -4.47. The quantitative estimate of drug-likeness (QED) is 0.564. The van der Waals surface area contributed by atoms with Gasteiger partial charge in [-0.1, -0.05) is 57.2 Å². The molecule has 28 heavy (non-hydrogen) atoms. The van der Waals surface area contributed by atoms with E-state index in [1.54, 1.807) is 45.0 Å². The first-order valence-corrected chi connectivity index (χ1v) is 8.62. The zero-order valence-corrected chi connectivity index (χ0v) is 16.1. The van der Waals surface area contributed by atoms with Crippen LogP contribution in [0.1, 0.15) is 31.9 Å². The van der Waals surface area contributed by atoms with Crippen LogP contribution in [0.25, 0.3) is 0 Å². The fourth-order valence-corrected chi connectivity index (χ4v) is 2.42. The Bertz CT molecular complexity index is 895. The van der Waals surface area contributed by atoms with Gasteiger partial charge in [0.25, 0.3) is 0 Å². The minimum Gasteiger partial charge on any atom is -0.292 e. The van der Waals surface area contributed by atoms with Crippen molar-refractivity contribution in [1.82, 2.24) is 0 Å². The number of hydrogen-bond acceptors (Lipinski definition) is 4. The lowest BCUT2D eigenvalue weighted by Gasteiger charge is -2.19. The molecule has 1 N–H and O–H groups in total. The number of aliphatic imine (C=N–C) groups is 1. The number of Topliss-reactive ketones (excluding diaryl/α,β-unsaturated/α-hetero) is 1. The summed E-state index contributed by atoms with van der Waals surface area (Å²) in [6.45, 7) is 5.23. The van der Waals surface area contributed by atoms with Gasteiger partial charge < -0.3 is 0 Å². The smallest absolute Gasteiger partial charge is 0.292 e. The highest BCUT2D eigenvalue weighted by Crippen LogP contribution is 2.30. The second kappa shape index (κ2) is 8.37. The molecule has 0 radical (unpaired) electrons. The highest BCUT2D eigenvalue weighted by molar-refractivity contribution is 6.71. The van der Waals surface area contributed by atoms with Crippen molar-refractivity contribution in [1.29, 1.82) is 0 Å². The van der Waals surface area contributed by atoms with Crippen LogP contribution in [0.3, 0.4) is 0 Å². The van der Waals surface area contributed by atoms with Crippen molar-refractivity contribution in [2.24, 2.45) is 15.5 Å². The minimum atomic E-state index is -4.47. The van der Waals surface area contributed by atoms with Crippen LogP contribution >= 0.6 is 0 Å². The van der Waals surface area contributed by atoms with E-state index in [4.69, 9.17) is 0 Å². The van der Waals surface area contributed by atoms with Gasteiger partial charge in [0.05, 0.1) is 17.0 Å². The van der Waals surface area contributed by atoms with Crippen LogP contribution < -0.4 is 5.43 Å². The molecule has 7 heteroatoms. The summed E-state index contributed by atoms with van der Waals surface area (Å²) >= 11 is 0. The molecule has 148 valence electrons. The summed E-state index contributed by atoms with van der Waals surface area (Å²) in [5.74, 6) is -0.281. The van der Waals surface area contributed by atoms with Crippen LogP contribution in [0, 0.1) is 5.41 Å². The Labute approximate surface area is 162 Å². The second-order valence-electron chi connectivity index (χ2n) is 7.17. The summed E-state index contributed by atoms with van der Waals surface area (Å²) in [6, 6.07) is 13.7. The normalized spacial score (nSPS) is 13.4. The van der Waals surface area contributed by atoms with Crippen molar-refractivity contribution in [3.05, 3.63) is 65.7 Å². The molecule has 0 atom stereocenters. The van der Waals surface area contributed by atoms with Gasteiger partial charge >= 0.3 is 6.18 Å². The summed E-state index contributed by atoms with van der Waals surface area (Å²) in [5, 5.41) is 4.15. The fourth-order valence-electron chi connectivity index (χ4n) is 2.42. The van der Waals surface area contributed by atoms with E-state index >= 15 is 0 Å². The maximum Gasteiger partial charge on any atom is 0.416 e. The molecule has 0 saturated heterocycles. The lowest BCUT2D eigenvalue weighted by Crippen LogP contribution is -2.35. The van der Waals surface area contributed by atoms with Crippen molar-refractivity contribution in [2.75, 3.05) is 12.5 Å². The molecule has 2 rings (SSSR count). The number of halogens is 3. The Balaban J connectivity index is 2.47. The number of ketones is 1. The lowest BCUT2D eigenvalue weighted by molar-refractivity contribution is -0.137. The number of carbonyl (C=O) groups is 1. The zero-order valence-electron chi connectivity index (χ0n) is 16.1. The van der Waals surface area contributed by atoms with Crippen molar-refractivity contribution < 1.29 is 18.0 Å². The molecule has 0 amide bonds. The highest BCUT2D eigenvalue weighted by Gasteiger charge is 2.31. The van der Waals surface area contributed by atoms with Crippen molar-refractivity contribution >= 4 is 22.9 Å². The topological polar surface area (TPSA) is 53.8 Å². The van der Waals surface area contributed by atoms with Gasteiger partial charge in [-0.2, -0.15) is 18.3 Å². The number of nitrogens with one attached hydrogen (secondary N) is 1. The number of anilines is 1. The molecule has 2 aromatic carbocycles. The van der Waals surface area contributed by atoms with Gasteiger partial charge in [0.2, 0.25) is 0 Å². The number of rotatable bonds is 5. The van der Waals surface area contributed by atoms with Crippen LogP contribution in [-0.2, 0) is 11.0 Å². The Morgan fingerprint density at radius 1 is 0.964 bits per heavy atom. The van der Waals surface area contributed by atoms with Gasteiger partial charge in [0, 0.05) is 18.0 Å². The number of hydrazone groups is 1. The number of alkyl halides is 3. The van der Waals surface area contributed by atoms with E-state index in [1.807, 2.05) is 6.07 Å². The summed E-state index contributed by atoms with van der Waals surface area (Å²) < 4.78 is 38.8. The molecule has 2 aromatic rings. The van der Waals surface area contributed by atoms with Gasteiger partial charge in [-0.3, -0.25) is 15.2 Å². The predicted octanol–water partition coefficient (Wildman–Crippen LogP) is 5.21. The Morgan fingerprint density at radius 2 is 1.61 bits per heavy atom. The van der Waals surface area contributed by atoms with Gasteiger partial charge in [-0.25, -0.2) is 0 Å². The molecule has 0 aliphatic heterocycles. The first-order valence-electron chi connectivity index (χ1n) is 8.62. The van der Waals surface area contributed by atoms with Gasteiger partial charge in [-0.15, -0.1) is 0 Å². The molecule has 0 spiro atoms. The number of benzene rings is 2. The molecule has 0 fully saturated rings. The van der Waals surface area contributed by atoms with Crippen LogP contribution in [0.2, 0.25) is 0 Å². The number of nitrogens with zero attached hydrogens (tertiary/aromatic N) is 2. The maximum atomic E-state index is 13.0. The van der Waals surface area contributed by atoms with E-state index in [1.165, 1.54) is 19.2 Å². The Hall–Kier alpha value is -2.96. The van der Waals surface area contributed by atoms with Crippen molar-refractivity contribution in [2.45, 2.75) is 26.9 Å². The zero-order chi connectivity index (χ0) is 20.9. The summed E-state index contributed by atoms with van der Waals surface area (Å²) in [5.41, 5.74) is 2.25. The van der Waals surface area contributed by atoms with Gasteiger partial charge in [0.15, 0.2) is 11.5 Å². The largest absolute Gasteiger partial charge is 0.416 e. The van der Waals surface area contributed by atoms with Crippen molar-refractivity contribution in [3.63, 3.8) is 0 Å². The lowest BCUT2D eigenvalue weighted by atomic mass is 9.85. The van der Waals surface area contributed by atoms with E-state index in [0.717, 1.165) is 12.1 Å². The first-order chi connectivity index (χ1) is 13.0. The van der Waals surface area contributed by atoms with Crippen LogP contribution in [0.4, 0.5) is 18.9 Å². The molecule has 0 saturated carbocycles. The molecular weight excluding hydrogens is 367 g/mol. The molecule has 0 aliphatic rings. The Morgan fingerprint density at radius 3 is 2.14 bits per heavy atom. The number of carbonyl (C=O) groups excluding carboxylic acids is 1. The highest BCUT2D eigenvalue weighted by atomic mass is 19.4. The summed E-state index contributed by atoms with van der Waals surface area (Å²) in [7, 11) is 1.54. The fraction of sp³-hybridized carbons (Fsp3) is 0.286. The van der Waals surface area contributed by atoms with Crippen LogP contribution in [0.5, 0.6) is 0 Å². The molecule has 0 aliphatic carbocycles. The molecular formula is C21H22F3N3O. The SMILES string of the molecule is CN=C(/C(=N\Nc1cccc(C(F)(F)F)c1)C(=O)C(C)(C)C)c1ccccc1. The molecule has 4 nitrogen and oxygen atoms in total. The molecule has 0 heterocycles. The second-order valence-corrected chi connectivity index (χ2v) is 7.17. The van der Waals surface area contributed by atoms with Gasteiger partial charge in [0.1, 0.15) is 0 Å².